The molecule has 0 aromatic carbocycles. The van der Waals surface area contributed by atoms with Gasteiger partial charge in [0.25, 0.3) is 0 Å². The van der Waals surface area contributed by atoms with Crippen LogP contribution < -0.4 is 5.73 Å². The molecule has 1 amide bonds. The van der Waals surface area contributed by atoms with Crippen LogP contribution in [0, 0.1) is 0 Å². The van der Waals surface area contributed by atoms with Crippen LogP contribution in [0.25, 0.3) is 10.6 Å². The first-order chi connectivity index (χ1) is 9.74. The Morgan fingerprint density at radius 3 is 3.10 bits per heavy atom. The Hall–Kier alpha value is -1.24. The zero-order chi connectivity index (χ0) is 13.9. The summed E-state index contributed by atoms with van der Waals surface area (Å²) in [6, 6.07) is 1.95. The lowest BCUT2D eigenvalue weighted by molar-refractivity contribution is -0.124. The van der Waals surface area contributed by atoms with E-state index in [2.05, 4.69) is 32.1 Å². The van der Waals surface area contributed by atoms with Crippen LogP contribution in [-0.2, 0) is 11.3 Å². The van der Waals surface area contributed by atoms with Gasteiger partial charge in [-0.2, -0.15) is 11.3 Å². The second kappa shape index (κ2) is 6.03. The number of amides is 1. The molecule has 1 aliphatic heterocycles. The summed E-state index contributed by atoms with van der Waals surface area (Å²) in [5.74, 6) is -0.210. The molecule has 1 aliphatic rings. The molecule has 2 aromatic heterocycles. The van der Waals surface area contributed by atoms with Crippen molar-refractivity contribution < 1.29 is 4.79 Å². The van der Waals surface area contributed by atoms with Crippen LogP contribution >= 0.6 is 22.7 Å². The molecule has 1 saturated heterocycles. The second-order valence-corrected chi connectivity index (χ2v) is 6.68. The van der Waals surface area contributed by atoms with Crippen molar-refractivity contribution in [3.63, 3.8) is 0 Å². The molecule has 1 fully saturated rings. The van der Waals surface area contributed by atoms with E-state index in [9.17, 15) is 4.79 Å². The van der Waals surface area contributed by atoms with Crippen molar-refractivity contribution in [2.45, 2.75) is 31.8 Å². The number of carbonyl (C=O) groups is 1. The van der Waals surface area contributed by atoms with Gasteiger partial charge in [-0.1, -0.05) is 6.42 Å². The van der Waals surface area contributed by atoms with Crippen LogP contribution in [0.3, 0.4) is 0 Å². The maximum Gasteiger partial charge on any atom is 0.234 e. The topological polar surface area (TPSA) is 59.2 Å². The van der Waals surface area contributed by atoms with Crippen molar-refractivity contribution in [3.8, 4) is 10.6 Å². The van der Waals surface area contributed by atoms with Crippen LogP contribution in [-0.4, -0.2) is 28.4 Å². The van der Waals surface area contributed by atoms with Crippen molar-refractivity contribution in [3.05, 3.63) is 27.9 Å². The van der Waals surface area contributed by atoms with Crippen LogP contribution in [0.15, 0.2) is 22.2 Å². The summed E-state index contributed by atoms with van der Waals surface area (Å²) in [5, 5.41) is 7.30. The highest BCUT2D eigenvalue weighted by Crippen LogP contribution is 2.27. The summed E-state index contributed by atoms with van der Waals surface area (Å²) in [4.78, 5) is 18.3. The molecule has 0 radical (unpaired) electrons. The number of primary amides is 1. The lowest BCUT2D eigenvalue weighted by Crippen LogP contribution is -2.47. The molecule has 0 aliphatic carbocycles. The molecule has 3 rings (SSSR count). The molecular formula is C14H17N3OS2. The summed E-state index contributed by atoms with van der Waals surface area (Å²) < 4.78 is 0. The third kappa shape index (κ3) is 2.92. The van der Waals surface area contributed by atoms with Crippen molar-refractivity contribution in [2.24, 2.45) is 5.73 Å². The number of thiazole rings is 1. The van der Waals surface area contributed by atoms with Gasteiger partial charge < -0.3 is 5.73 Å². The van der Waals surface area contributed by atoms with Gasteiger partial charge in [-0.05, 0) is 30.8 Å². The number of carbonyl (C=O) groups excluding carboxylic acids is 1. The Morgan fingerprint density at radius 1 is 1.45 bits per heavy atom. The number of piperidine rings is 1. The standard InChI is InChI=1S/C14H17N3OS2/c15-13(18)12-3-1-2-5-17(12)7-11-9-20-14(16-11)10-4-6-19-8-10/h4,6,8-9,12H,1-3,5,7H2,(H2,15,18)/t12-/m1/s1. The number of hydrogen-bond donors (Lipinski definition) is 1. The van der Waals surface area contributed by atoms with Crippen molar-refractivity contribution in [2.75, 3.05) is 6.54 Å². The Balaban J connectivity index is 1.72. The van der Waals surface area contributed by atoms with E-state index in [0.717, 1.165) is 36.5 Å². The molecule has 20 heavy (non-hydrogen) atoms. The first-order valence-electron chi connectivity index (χ1n) is 6.74. The lowest BCUT2D eigenvalue weighted by Gasteiger charge is -2.32. The molecule has 6 heteroatoms. The van der Waals surface area contributed by atoms with Gasteiger partial charge in [0.2, 0.25) is 5.91 Å². The highest BCUT2D eigenvalue weighted by atomic mass is 32.1. The van der Waals surface area contributed by atoms with Gasteiger partial charge in [0.1, 0.15) is 5.01 Å². The van der Waals surface area contributed by atoms with Gasteiger partial charge in [-0.25, -0.2) is 4.98 Å². The van der Waals surface area contributed by atoms with Gasteiger partial charge in [-0.3, -0.25) is 9.69 Å². The number of likely N-dealkylation sites (tertiary alicyclic amines) is 1. The summed E-state index contributed by atoms with van der Waals surface area (Å²) in [7, 11) is 0. The average Bonchev–Trinajstić information content (AvgIpc) is 3.09. The maximum absolute atomic E-state index is 11.5. The fourth-order valence-electron chi connectivity index (χ4n) is 2.61. The highest BCUT2D eigenvalue weighted by molar-refractivity contribution is 7.14. The van der Waals surface area contributed by atoms with Gasteiger partial charge in [0.15, 0.2) is 0 Å². The first-order valence-corrected chi connectivity index (χ1v) is 8.56. The Labute approximate surface area is 126 Å². The molecule has 2 N–H and O–H groups in total. The lowest BCUT2D eigenvalue weighted by atomic mass is 10.0. The first kappa shape index (κ1) is 13.7. The smallest absolute Gasteiger partial charge is 0.234 e. The van der Waals surface area contributed by atoms with E-state index in [1.54, 1.807) is 22.7 Å². The number of thiophene rings is 1. The molecular weight excluding hydrogens is 290 g/mol. The molecule has 1 atom stereocenters. The van der Waals surface area contributed by atoms with Gasteiger partial charge in [0.05, 0.1) is 11.7 Å². The monoisotopic (exact) mass is 307 g/mol. The Morgan fingerprint density at radius 2 is 2.35 bits per heavy atom. The summed E-state index contributed by atoms with van der Waals surface area (Å²) in [6.07, 6.45) is 3.09. The zero-order valence-corrected chi connectivity index (χ0v) is 12.8. The minimum absolute atomic E-state index is 0.130. The zero-order valence-electron chi connectivity index (χ0n) is 11.1. The fourth-order valence-corrected chi connectivity index (χ4v) is 4.13. The number of aromatic nitrogens is 1. The predicted molar refractivity (Wildman–Crippen MR) is 82.7 cm³/mol. The minimum Gasteiger partial charge on any atom is -0.368 e. The van der Waals surface area contributed by atoms with Gasteiger partial charge in [0, 0.05) is 22.9 Å². The molecule has 0 spiro atoms. The number of rotatable bonds is 4. The third-order valence-electron chi connectivity index (χ3n) is 3.63. The van der Waals surface area contributed by atoms with Crippen molar-refractivity contribution >= 4 is 28.6 Å². The molecule has 106 valence electrons. The highest BCUT2D eigenvalue weighted by Gasteiger charge is 2.27. The Bertz CT molecular complexity index is 579. The number of hydrogen-bond acceptors (Lipinski definition) is 5. The minimum atomic E-state index is -0.210. The van der Waals surface area contributed by atoms with E-state index in [-0.39, 0.29) is 11.9 Å². The van der Waals surface area contributed by atoms with E-state index in [4.69, 9.17) is 5.73 Å². The van der Waals surface area contributed by atoms with Crippen LogP contribution in [0.2, 0.25) is 0 Å². The fraction of sp³-hybridized carbons (Fsp3) is 0.429. The molecule has 3 heterocycles. The number of nitrogens with two attached hydrogens (primary N) is 1. The third-order valence-corrected chi connectivity index (χ3v) is 5.25. The quantitative estimate of drug-likeness (QED) is 0.945. The van der Waals surface area contributed by atoms with E-state index in [1.165, 1.54) is 5.56 Å². The largest absolute Gasteiger partial charge is 0.368 e. The summed E-state index contributed by atoms with van der Waals surface area (Å²) in [5.41, 5.74) is 7.71. The van der Waals surface area contributed by atoms with Gasteiger partial charge >= 0.3 is 0 Å². The molecule has 4 nitrogen and oxygen atoms in total. The molecule has 2 aromatic rings. The van der Waals surface area contributed by atoms with Crippen molar-refractivity contribution in [1.29, 1.82) is 0 Å². The van der Waals surface area contributed by atoms with Crippen LogP contribution in [0.5, 0.6) is 0 Å². The second-order valence-electron chi connectivity index (χ2n) is 5.04. The SMILES string of the molecule is NC(=O)[C@H]1CCCCN1Cc1csc(-c2ccsc2)n1. The van der Waals surface area contributed by atoms with E-state index in [0.29, 0.717) is 6.54 Å². The maximum atomic E-state index is 11.5. The molecule has 0 unspecified atom stereocenters. The van der Waals surface area contributed by atoms with E-state index in [1.807, 2.05) is 0 Å². The van der Waals surface area contributed by atoms with Crippen LogP contribution in [0.4, 0.5) is 0 Å². The van der Waals surface area contributed by atoms with Gasteiger partial charge in [-0.15, -0.1) is 11.3 Å². The Kier molecular flexibility index (Phi) is 4.14. The summed E-state index contributed by atoms with van der Waals surface area (Å²) >= 11 is 3.34. The normalized spacial score (nSPS) is 20.1. The molecule has 0 bridgehead atoms. The van der Waals surface area contributed by atoms with Crippen LogP contribution in [0.1, 0.15) is 25.0 Å². The molecule has 0 saturated carbocycles. The van der Waals surface area contributed by atoms with Crippen molar-refractivity contribution in [1.82, 2.24) is 9.88 Å². The average molecular weight is 307 g/mol. The van der Waals surface area contributed by atoms with E-state index < -0.39 is 0 Å². The van der Waals surface area contributed by atoms with E-state index >= 15 is 0 Å². The summed E-state index contributed by atoms with van der Waals surface area (Å²) in [6.45, 7) is 1.65. The predicted octanol–water partition coefficient (Wildman–Crippen LogP) is 2.71. The number of nitrogens with zero attached hydrogens (tertiary/aromatic N) is 2.